The van der Waals surface area contributed by atoms with Gasteiger partial charge in [-0.25, -0.2) is 4.39 Å². The fourth-order valence-corrected chi connectivity index (χ4v) is 3.36. The highest BCUT2D eigenvalue weighted by Crippen LogP contribution is 2.26. The zero-order valence-corrected chi connectivity index (χ0v) is 15.3. The molecule has 0 spiro atoms. The van der Waals surface area contributed by atoms with Gasteiger partial charge >= 0.3 is 0 Å². The highest BCUT2D eigenvalue weighted by atomic mass is 35.5. The smallest absolute Gasteiger partial charge is 0.141 e. The molecular weight excluding hydrogens is 348 g/mol. The average molecular weight is 372 g/mol. The number of hydrogen-bond acceptors (Lipinski definition) is 2. The SMILES string of the molecule is Cl.Fc1ccc(-c2ccc(CNC3CCCCCCC3)o2)cc1Cl. The Morgan fingerprint density at radius 1 is 1.04 bits per heavy atom. The van der Waals surface area contributed by atoms with Crippen LogP contribution < -0.4 is 5.32 Å². The molecular formula is C19H24Cl2FNO. The lowest BCUT2D eigenvalue weighted by Gasteiger charge is -2.20. The molecule has 0 amide bonds. The molecule has 1 aromatic heterocycles. The molecule has 24 heavy (non-hydrogen) atoms. The fourth-order valence-electron chi connectivity index (χ4n) is 3.18. The molecule has 0 unspecified atom stereocenters. The van der Waals surface area contributed by atoms with Crippen LogP contribution in [0.4, 0.5) is 4.39 Å². The van der Waals surface area contributed by atoms with Crippen LogP contribution in [0.2, 0.25) is 5.02 Å². The molecule has 1 fully saturated rings. The number of rotatable bonds is 4. The lowest BCUT2D eigenvalue weighted by molar-refractivity contribution is 0.372. The first-order chi connectivity index (χ1) is 11.2. The van der Waals surface area contributed by atoms with E-state index in [9.17, 15) is 4.39 Å². The highest BCUT2D eigenvalue weighted by molar-refractivity contribution is 6.31. The van der Waals surface area contributed by atoms with E-state index in [-0.39, 0.29) is 17.4 Å². The number of hydrogen-bond donors (Lipinski definition) is 1. The minimum absolute atomic E-state index is 0. The van der Waals surface area contributed by atoms with Gasteiger partial charge in [-0.2, -0.15) is 0 Å². The van der Waals surface area contributed by atoms with Crippen molar-refractivity contribution in [2.45, 2.75) is 57.5 Å². The molecule has 0 radical (unpaired) electrons. The van der Waals surface area contributed by atoms with Gasteiger partial charge in [0.25, 0.3) is 0 Å². The molecule has 3 rings (SSSR count). The van der Waals surface area contributed by atoms with Gasteiger partial charge in [-0.1, -0.05) is 43.7 Å². The Morgan fingerprint density at radius 3 is 2.46 bits per heavy atom. The minimum Gasteiger partial charge on any atom is -0.460 e. The summed E-state index contributed by atoms with van der Waals surface area (Å²) in [5, 5.41) is 3.73. The largest absolute Gasteiger partial charge is 0.460 e. The van der Waals surface area contributed by atoms with Crippen LogP contribution in [0.1, 0.15) is 50.7 Å². The molecule has 1 heterocycles. The zero-order valence-electron chi connectivity index (χ0n) is 13.7. The van der Waals surface area contributed by atoms with E-state index in [0.29, 0.717) is 6.04 Å². The fraction of sp³-hybridized carbons (Fsp3) is 0.474. The van der Waals surface area contributed by atoms with Crippen molar-refractivity contribution in [1.82, 2.24) is 5.32 Å². The Labute approximate surface area is 154 Å². The second-order valence-corrected chi connectivity index (χ2v) is 6.72. The topological polar surface area (TPSA) is 25.2 Å². The van der Waals surface area contributed by atoms with Crippen molar-refractivity contribution in [3.63, 3.8) is 0 Å². The quantitative estimate of drug-likeness (QED) is 0.675. The van der Waals surface area contributed by atoms with Gasteiger partial charge < -0.3 is 9.73 Å². The summed E-state index contributed by atoms with van der Waals surface area (Å²) in [7, 11) is 0. The van der Waals surface area contributed by atoms with Crippen LogP contribution in [-0.4, -0.2) is 6.04 Å². The molecule has 1 N–H and O–H groups in total. The van der Waals surface area contributed by atoms with Crippen LogP contribution >= 0.6 is 24.0 Å². The van der Waals surface area contributed by atoms with Gasteiger partial charge in [0.05, 0.1) is 11.6 Å². The molecule has 0 aliphatic heterocycles. The van der Waals surface area contributed by atoms with Gasteiger partial charge in [-0.05, 0) is 43.2 Å². The molecule has 1 saturated carbocycles. The Bertz CT molecular complexity index is 636. The van der Waals surface area contributed by atoms with Gasteiger partial charge in [0.15, 0.2) is 0 Å². The van der Waals surface area contributed by atoms with E-state index in [1.807, 2.05) is 12.1 Å². The maximum absolute atomic E-state index is 13.2. The second-order valence-electron chi connectivity index (χ2n) is 6.32. The van der Waals surface area contributed by atoms with Gasteiger partial charge in [-0.3, -0.25) is 0 Å². The number of halogens is 3. The highest BCUT2D eigenvalue weighted by Gasteiger charge is 2.12. The lowest BCUT2D eigenvalue weighted by Crippen LogP contribution is -2.29. The van der Waals surface area contributed by atoms with E-state index in [4.69, 9.17) is 16.0 Å². The third-order valence-electron chi connectivity index (χ3n) is 4.54. The Morgan fingerprint density at radius 2 is 1.75 bits per heavy atom. The van der Waals surface area contributed by atoms with E-state index in [0.717, 1.165) is 23.6 Å². The van der Waals surface area contributed by atoms with Gasteiger partial charge in [0, 0.05) is 11.6 Å². The first-order valence-electron chi connectivity index (χ1n) is 8.50. The Balaban J connectivity index is 0.00000208. The molecule has 0 bridgehead atoms. The summed E-state index contributed by atoms with van der Waals surface area (Å²) < 4.78 is 19.1. The van der Waals surface area contributed by atoms with Crippen LogP contribution in [0.3, 0.4) is 0 Å². The standard InChI is InChI=1S/C19H23ClFNO.ClH/c20-17-12-14(8-10-18(17)21)19-11-9-16(23-19)13-22-15-6-4-2-1-3-5-7-15;/h8-12,15,22H,1-7,13H2;1H. The molecule has 132 valence electrons. The summed E-state index contributed by atoms with van der Waals surface area (Å²) in [5.41, 5.74) is 0.800. The Hall–Kier alpha value is -1.03. The maximum atomic E-state index is 13.2. The van der Waals surface area contributed by atoms with Gasteiger partial charge in [0.1, 0.15) is 17.3 Å². The van der Waals surface area contributed by atoms with Crippen molar-refractivity contribution in [2.75, 3.05) is 0 Å². The van der Waals surface area contributed by atoms with E-state index >= 15 is 0 Å². The van der Waals surface area contributed by atoms with E-state index in [2.05, 4.69) is 5.32 Å². The monoisotopic (exact) mass is 371 g/mol. The van der Waals surface area contributed by atoms with Crippen LogP contribution in [0.15, 0.2) is 34.7 Å². The van der Waals surface area contributed by atoms with Crippen molar-refractivity contribution in [1.29, 1.82) is 0 Å². The molecule has 1 aliphatic rings. The predicted molar refractivity (Wildman–Crippen MR) is 99.3 cm³/mol. The molecule has 1 aromatic carbocycles. The molecule has 2 nitrogen and oxygen atoms in total. The van der Waals surface area contributed by atoms with E-state index in [1.165, 1.54) is 51.0 Å². The summed E-state index contributed by atoms with van der Waals surface area (Å²) in [6, 6.07) is 9.13. The summed E-state index contributed by atoms with van der Waals surface area (Å²) in [6.07, 6.45) is 9.23. The van der Waals surface area contributed by atoms with Gasteiger partial charge in [-0.15, -0.1) is 12.4 Å². The normalized spacial score (nSPS) is 16.2. The van der Waals surface area contributed by atoms with Crippen molar-refractivity contribution < 1.29 is 8.81 Å². The maximum Gasteiger partial charge on any atom is 0.141 e. The molecule has 2 aromatic rings. The summed E-state index contributed by atoms with van der Waals surface area (Å²) >= 11 is 5.83. The van der Waals surface area contributed by atoms with Crippen LogP contribution in [0.25, 0.3) is 11.3 Å². The number of nitrogens with one attached hydrogen (secondary N) is 1. The zero-order chi connectivity index (χ0) is 16.1. The summed E-state index contributed by atoms with van der Waals surface area (Å²) in [4.78, 5) is 0. The van der Waals surface area contributed by atoms with Crippen molar-refractivity contribution in [2.24, 2.45) is 0 Å². The third-order valence-corrected chi connectivity index (χ3v) is 4.83. The molecule has 1 aliphatic carbocycles. The first-order valence-corrected chi connectivity index (χ1v) is 8.88. The Kier molecular flexibility index (Phi) is 7.60. The number of furan rings is 1. The first kappa shape index (κ1) is 19.3. The lowest BCUT2D eigenvalue weighted by atomic mass is 9.97. The summed E-state index contributed by atoms with van der Waals surface area (Å²) in [5.74, 6) is 1.22. The minimum atomic E-state index is -0.409. The van der Waals surface area contributed by atoms with Crippen LogP contribution in [0, 0.1) is 5.82 Å². The summed E-state index contributed by atoms with van der Waals surface area (Å²) in [6.45, 7) is 0.736. The van der Waals surface area contributed by atoms with Crippen molar-refractivity contribution in [3.8, 4) is 11.3 Å². The average Bonchev–Trinajstić information content (AvgIpc) is 2.98. The van der Waals surface area contributed by atoms with E-state index < -0.39 is 5.82 Å². The van der Waals surface area contributed by atoms with Crippen LogP contribution in [-0.2, 0) is 6.54 Å². The van der Waals surface area contributed by atoms with Gasteiger partial charge in [0.2, 0.25) is 0 Å². The number of benzene rings is 1. The van der Waals surface area contributed by atoms with Crippen molar-refractivity contribution >= 4 is 24.0 Å². The van der Waals surface area contributed by atoms with Crippen molar-refractivity contribution in [3.05, 3.63) is 46.9 Å². The third kappa shape index (κ3) is 5.23. The predicted octanol–water partition coefficient (Wildman–Crippen LogP) is 6.36. The molecule has 0 saturated heterocycles. The molecule has 5 heteroatoms. The second kappa shape index (κ2) is 9.45. The molecule has 0 atom stereocenters. The van der Waals surface area contributed by atoms with Crippen LogP contribution in [0.5, 0.6) is 0 Å². The van der Waals surface area contributed by atoms with E-state index in [1.54, 1.807) is 12.1 Å².